The van der Waals surface area contributed by atoms with Gasteiger partial charge in [-0.1, -0.05) is 42.5 Å². The molecule has 1 atom stereocenters. The van der Waals surface area contributed by atoms with Crippen molar-refractivity contribution in [2.75, 3.05) is 13.1 Å². The van der Waals surface area contributed by atoms with Crippen LogP contribution in [-0.2, 0) is 16.0 Å². The second-order valence-electron chi connectivity index (χ2n) is 9.65. The van der Waals surface area contributed by atoms with E-state index in [1.54, 1.807) is 36.1 Å². The first-order valence-corrected chi connectivity index (χ1v) is 11.7. The maximum Gasteiger partial charge on any atom is 0.261 e. The Labute approximate surface area is 201 Å². The summed E-state index contributed by atoms with van der Waals surface area (Å²) in [7, 11) is 0. The zero-order valence-electron chi connectivity index (χ0n) is 20.3. The van der Waals surface area contributed by atoms with Crippen LogP contribution in [0.5, 0.6) is 0 Å². The van der Waals surface area contributed by atoms with Crippen LogP contribution < -0.4 is 5.32 Å². The van der Waals surface area contributed by atoms with E-state index in [4.69, 9.17) is 0 Å². The SMILES string of the molecule is CC(C(=O)NC(C)(C)C)N(CCc1ccccc1)C(=O)CCCN1C(=O)c2ccccc2C1=O. The quantitative estimate of drug-likeness (QED) is 0.577. The minimum absolute atomic E-state index is 0.134. The molecule has 0 bridgehead atoms. The fraction of sp³-hybridized carbons (Fsp3) is 0.407. The molecule has 7 heteroatoms. The molecule has 0 saturated heterocycles. The van der Waals surface area contributed by atoms with Gasteiger partial charge >= 0.3 is 0 Å². The Morgan fingerprint density at radius 3 is 2.06 bits per heavy atom. The monoisotopic (exact) mass is 463 g/mol. The normalized spacial score (nSPS) is 14.1. The van der Waals surface area contributed by atoms with Gasteiger partial charge in [-0.25, -0.2) is 0 Å². The fourth-order valence-corrected chi connectivity index (χ4v) is 4.02. The second-order valence-corrected chi connectivity index (χ2v) is 9.65. The average Bonchev–Trinajstić information content (AvgIpc) is 3.03. The van der Waals surface area contributed by atoms with Gasteiger partial charge in [-0.3, -0.25) is 24.1 Å². The summed E-state index contributed by atoms with van der Waals surface area (Å²) in [5.74, 6) is -1.04. The number of hydrogen-bond donors (Lipinski definition) is 1. The lowest BCUT2D eigenvalue weighted by Gasteiger charge is -2.31. The third-order valence-corrected chi connectivity index (χ3v) is 5.80. The van der Waals surface area contributed by atoms with Crippen molar-refractivity contribution in [2.24, 2.45) is 0 Å². The van der Waals surface area contributed by atoms with E-state index in [1.807, 2.05) is 51.1 Å². The van der Waals surface area contributed by atoms with E-state index in [9.17, 15) is 19.2 Å². The number of carbonyl (C=O) groups excluding carboxylic acids is 4. The summed E-state index contributed by atoms with van der Waals surface area (Å²) < 4.78 is 0. The van der Waals surface area contributed by atoms with Gasteiger partial charge in [0.05, 0.1) is 11.1 Å². The van der Waals surface area contributed by atoms with Crippen molar-refractivity contribution in [1.82, 2.24) is 15.1 Å². The lowest BCUT2D eigenvalue weighted by Crippen LogP contribution is -2.53. The maximum absolute atomic E-state index is 13.2. The van der Waals surface area contributed by atoms with Crippen molar-refractivity contribution in [1.29, 1.82) is 0 Å². The topological polar surface area (TPSA) is 86.8 Å². The smallest absolute Gasteiger partial charge is 0.261 e. The van der Waals surface area contributed by atoms with Gasteiger partial charge in [-0.2, -0.15) is 0 Å². The number of imide groups is 1. The van der Waals surface area contributed by atoms with E-state index in [-0.39, 0.29) is 36.6 Å². The van der Waals surface area contributed by atoms with E-state index >= 15 is 0 Å². The Morgan fingerprint density at radius 1 is 0.941 bits per heavy atom. The third-order valence-electron chi connectivity index (χ3n) is 5.80. The molecule has 0 radical (unpaired) electrons. The zero-order chi connectivity index (χ0) is 24.9. The molecule has 1 unspecified atom stereocenters. The van der Waals surface area contributed by atoms with Gasteiger partial charge in [0.15, 0.2) is 0 Å². The fourth-order valence-electron chi connectivity index (χ4n) is 4.02. The Balaban J connectivity index is 1.64. The first kappa shape index (κ1) is 25.1. The molecule has 0 spiro atoms. The zero-order valence-corrected chi connectivity index (χ0v) is 20.3. The number of nitrogens with one attached hydrogen (secondary N) is 1. The van der Waals surface area contributed by atoms with Crippen molar-refractivity contribution < 1.29 is 19.2 Å². The van der Waals surface area contributed by atoms with E-state index < -0.39 is 11.6 Å². The number of benzene rings is 2. The summed E-state index contributed by atoms with van der Waals surface area (Å²) in [6.45, 7) is 7.98. The molecule has 1 heterocycles. The minimum Gasteiger partial charge on any atom is -0.350 e. The van der Waals surface area contributed by atoms with Crippen LogP contribution in [0.3, 0.4) is 0 Å². The highest BCUT2D eigenvalue weighted by Gasteiger charge is 2.35. The molecule has 34 heavy (non-hydrogen) atoms. The van der Waals surface area contributed by atoms with Gasteiger partial charge < -0.3 is 10.2 Å². The van der Waals surface area contributed by atoms with Gasteiger partial charge in [0.1, 0.15) is 6.04 Å². The number of amides is 4. The van der Waals surface area contributed by atoms with Crippen molar-refractivity contribution >= 4 is 23.6 Å². The van der Waals surface area contributed by atoms with E-state index in [1.165, 1.54) is 4.90 Å². The highest BCUT2D eigenvalue weighted by molar-refractivity contribution is 6.21. The van der Waals surface area contributed by atoms with E-state index in [0.717, 1.165) is 5.56 Å². The Bertz CT molecular complexity index is 1020. The predicted octanol–water partition coefficient (Wildman–Crippen LogP) is 3.44. The van der Waals surface area contributed by atoms with Crippen LogP contribution in [0.15, 0.2) is 54.6 Å². The lowest BCUT2D eigenvalue weighted by molar-refractivity contribution is -0.140. The van der Waals surface area contributed by atoms with Crippen molar-refractivity contribution in [3.8, 4) is 0 Å². The summed E-state index contributed by atoms with van der Waals surface area (Å²) in [6, 6.07) is 15.9. The van der Waals surface area contributed by atoms with Crippen LogP contribution >= 0.6 is 0 Å². The minimum atomic E-state index is -0.644. The molecule has 180 valence electrons. The molecule has 1 aliphatic heterocycles. The molecule has 2 aromatic rings. The summed E-state index contributed by atoms with van der Waals surface area (Å²) in [5, 5.41) is 2.94. The molecule has 7 nitrogen and oxygen atoms in total. The standard InChI is InChI=1S/C27H33N3O4/c1-19(24(32)28-27(2,3)4)29(18-16-20-11-6-5-7-12-20)23(31)15-10-17-30-25(33)21-13-8-9-14-22(21)26(30)34/h5-9,11-14,19H,10,15-18H2,1-4H3,(H,28,32). The number of fused-ring (bicyclic) bond motifs is 1. The molecule has 1 aliphatic rings. The van der Waals surface area contributed by atoms with Gasteiger partial charge in [0, 0.05) is 25.0 Å². The van der Waals surface area contributed by atoms with Crippen LogP contribution in [-0.4, -0.2) is 58.1 Å². The largest absolute Gasteiger partial charge is 0.350 e. The first-order chi connectivity index (χ1) is 16.1. The van der Waals surface area contributed by atoms with Crippen LogP contribution in [0.4, 0.5) is 0 Å². The summed E-state index contributed by atoms with van der Waals surface area (Å²) in [6.07, 6.45) is 1.09. The van der Waals surface area contributed by atoms with Crippen LogP contribution in [0.25, 0.3) is 0 Å². The van der Waals surface area contributed by atoms with Crippen LogP contribution in [0.2, 0.25) is 0 Å². The molecular formula is C27H33N3O4. The summed E-state index contributed by atoms with van der Waals surface area (Å²) in [5.41, 5.74) is 1.46. The average molecular weight is 464 g/mol. The lowest BCUT2D eigenvalue weighted by atomic mass is 10.1. The molecule has 0 saturated carbocycles. The molecule has 2 aromatic carbocycles. The van der Waals surface area contributed by atoms with Crippen molar-refractivity contribution in [2.45, 2.75) is 58.5 Å². The van der Waals surface area contributed by atoms with Crippen LogP contribution in [0, 0.1) is 0 Å². The van der Waals surface area contributed by atoms with E-state index in [2.05, 4.69) is 5.32 Å². The number of nitrogens with zero attached hydrogens (tertiary/aromatic N) is 2. The molecule has 1 N–H and O–H groups in total. The number of rotatable bonds is 9. The highest BCUT2D eigenvalue weighted by atomic mass is 16.2. The summed E-state index contributed by atoms with van der Waals surface area (Å²) in [4.78, 5) is 53.9. The molecule has 0 aromatic heterocycles. The molecule has 3 rings (SSSR count). The molecule has 0 aliphatic carbocycles. The van der Waals surface area contributed by atoms with Crippen molar-refractivity contribution in [3.63, 3.8) is 0 Å². The van der Waals surface area contributed by atoms with Gasteiger partial charge in [-0.05, 0) is 58.2 Å². The Hall–Kier alpha value is -3.48. The van der Waals surface area contributed by atoms with E-state index in [0.29, 0.717) is 30.5 Å². The molecule has 4 amide bonds. The molecule has 0 fully saturated rings. The van der Waals surface area contributed by atoms with Crippen LogP contribution in [0.1, 0.15) is 66.8 Å². The highest BCUT2D eigenvalue weighted by Crippen LogP contribution is 2.23. The van der Waals surface area contributed by atoms with Gasteiger partial charge in [0.2, 0.25) is 11.8 Å². The number of hydrogen-bond acceptors (Lipinski definition) is 4. The third kappa shape index (κ3) is 6.10. The Kier molecular flexibility index (Phi) is 7.87. The Morgan fingerprint density at radius 2 is 1.50 bits per heavy atom. The van der Waals surface area contributed by atoms with Crippen molar-refractivity contribution in [3.05, 3.63) is 71.3 Å². The first-order valence-electron chi connectivity index (χ1n) is 11.7. The summed E-state index contributed by atoms with van der Waals surface area (Å²) >= 11 is 0. The number of carbonyl (C=O) groups is 4. The molecular weight excluding hydrogens is 430 g/mol. The van der Waals surface area contributed by atoms with Gasteiger partial charge in [-0.15, -0.1) is 0 Å². The predicted molar refractivity (Wildman–Crippen MR) is 130 cm³/mol. The second kappa shape index (κ2) is 10.6. The maximum atomic E-state index is 13.2. The van der Waals surface area contributed by atoms with Gasteiger partial charge in [0.25, 0.3) is 11.8 Å².